The third-order valence-corrected chi connectivity index (χ3v) is 3.82. The first-order chi connectivity index (χ1) is 9.13. The van der Waals surface area contributed by atoms with Crippen molar-refractivity contribution < 1.29 is 9.63 Å². The maximum Gasteiger partial charge on any atom is 0.145 e. The Balaban J connectivity index is 2.57. The van der Waals surface area contributed by atoms with Gasteiger partial charge >= 0.3 is 0 Å². The molecule has 5 heteroatoms. The van der Waals surface area contributed by atoms with Crippen LogP contribution in [-0.4, -0.2) is 10.3 Å². The Morgan fingerprint density at radius 2 is 2.21 bits per heavy atom. The van der Waals surface area contributed by atoms with Gasteiger partial charge in [0, 0.05) is 22.1 Å². The second-order valence-electron chi connectivity index (χ2n) is 4.37. The van der Waals surface area contributed by atoms with Crippen molar-refractivity contribution in [3.8, 4) is 0 Å². The van der Waals surface area contributed by atoms with Crippen LogP contribution >= 0.6 is 23.2 Å². The van der Waals surface area contributed by atoms with E-state index < -0.39 is 0 Å². The molecule has 102 valence electrons. The zero-order valence-corrected chi connectivity index (χ0v) is 12.1. The fraction of sp³-hybridized carbons (Fsp3) is 0.357. The zero-order valence-electron chi connectivity index (χ0n) is 10.6. The van der Waals surface area contributed by atoms with Gasteiger partial charge in [-0.1, -0.05) is 41.0 Å². The molecule has 0 atom stereocenters. The highest BCUT2D eigenvalue weighted by molar-refractivity contribution is 6.42. The summed E-state index contributed by atoms with van der Waals surface area (Å²) in [4.78, 5) is 0. The predicted octanol–water partition coefficient (Wildman–Crippen LogP) is 4.32. The molecule has 1 aromatic rings. The van der Waals surface area contributed by atoms with Crippen LogP contribution in [0.15, 0.2) is 33.3 Å². The van der Waals surface area contributed by atoms with Crippen LogP contribution in [0.2, 0.25) is 0 Å². The van der Waals surface area contributed by atoms with Crippen molar-refractivity contribution in [2.45, 2.75) is 32.3 Å². The van der Waals surface area contributed by atoms with E-state index >= 15 is 0 Å². The van der Waals surface area contributed by atoms with Gasteiger partial charge in [0.15, 0.2) is 0 Å². The molecule has 1 fully saturated rings. The Morgan fingerprint density at radius 1 is 1.53 bits per heavy atom. The van der Waals surface area contributed by atoms with Gasteiger partial charge in [-0.05, 0) is 25.8 Å². The maximum atomic E-state index is 9.57. The van der Waals surface area contributed by atoms with Gasteiger partial charge in [0.05, 0.1) is 11.6 Å². The molecule has 0 bridgehead atoms. The summed E-state index contributed by atoms with van der Waals surface area (Å²) in [6.07, 6.45) is 5.34. The summed E-state index contributed by atoms with van der Waals surface area (Å²) in [5, 5.41) is 14.4. The molecule has 1 heterocycles. The number of rotatable bonds is 5. The number of aliphatic hydroxyl groups excluding tert-OH is 1. The third kappa shape index (κ3) is 2.78. The molecule has 19 heavy (non-hydrogen) atoms. The van der Waals surface area contributed by atoms with E-state index in [1.807, 2.05) is 0 Å². The number of aromatic nitrogens is 1. The van der Waals surface area contributed by atoms with Crippen molar-refractivity contribution in [3.05, 3.63) is 45.8 Å². The Morgan fingerprint density at radius 3 is 2.68 bits per heavy atom. The summed E-state index contributed by atoms with van der Waals surface area (Å²) in [7, 11) is 0. The second kappa shape index (κ2) is 5.95. The zero-order chi connectivity index (χ0) is 14.0. The van der Waals surface area contributed by atoms with Crippen LogP contribution < -0.4 is 0 Å². The molecule has 0 amide bonds. The molecular weight excluding hydrogens is 285 g/mol. The molecule has 1 aliphatic carbocycles. The monoisotopic (exact) mass is 299 g/mol. The highest BCUT2D eigenvalue weighted by Gasteiger charge is 2.33. The van der Waals surface area contributed by atoms with Crippen molar-refractivity contribution in [1.82, 2.24) is 5.16 Å². The van der Waals surface area contributed by atoms with E-state index in [2.05, 4.69) is 11.7 Å². The number of allylic oxidation sites excluding steroid dienone is 5. The quantitative estimate of drug-likeness (QED) is 0.824. The number of aliphatic hydroxyl groups is 1. The fourth-order valence-corrected chi connectivity index (χ4v) is 2.36. The smallest absolute Gasteiger partial charge is 0.145 e. The van der Waals surface area contributed by atoms with Crippen LogP contribution in [0.3, 0.4) is 0 Å². The van der Waals surface area contributed by atoms with Crippen molar-refractivity contribution in [3.63, 3.8) is 0 Å². The highest BCUT2D eigenvalue weighted by atomic mass is 35.5. The van der Waals surface area contributed by atoms with E-state index in [0.717, 1.165) is 18.6 Å². The van der Waals surface area contributed by atoms with E-state index in [1.54, 1.807) is 13.0 Å². The minimum absolute atomic E-state index is 0.149. The summed E-state index contributed by atoms with van der Waals surface area (Å²) < 4.78 is 5.36. The molecule has 1 aromatic heterocycles. The lowest BCUT2D eigenvalue weighted by Gasteiger charge is -2.06. The molecule has 0 radical (unpaired) electrons. The number of hydrogen-bond donors (Lipinski definition) is 1. The SMILES string of the molecule is C=C/C(Cl)=C(\C(Cl)=C/C)c1noc(C2CC2)c1CO. The van der Waals surface area contributed by atoms with E-state index in [-0.39, 0.29) is 6.61 Å². The molecule has 0 unspecified atom stereocenters. The first-order valence-electron chi connectivity index (χ1n) is 6.08. The van der Waals surface area contributed by atoms with Gasteiger partial charge < -0.3 is 9.63 Å². The molecule has 1 saturated carbocycles. The van der Waals surface area contributed by atoms with Gasteiger partial charge in [-0.25, -0.2) is 0 Å². The third-order valence-electron chi connectivity index (χ3n) is 3.07. The molecule has 2 rings (SSSR count). The Bertz CT molecular complexity index is 554. The van der Waals surface area contributed by atoms with Crippen molar-refractivity contribution in [2.75, 3.05) is 0 Å². The molecular formula is C14H15Cl2NO2. The Hall–Kier alpha value is -1.03. The molecule has 1 N–H and O–H groups in total. The summed E-state index contributed by atoms with van der Waals surface area (Å²) in [5.41, 5.74) is 1.70. The summed E-state index contributed by atoms with van der Waals surface area (Å²) in [5.74, 6) is 1.10. The van der Waals surface area contributed by atoms with E-state index in [0.29, 0.717) is 32.8 Å². The molecule has 1 aliphatic rings. The average molecular weight is 300 g/mol. The maximum absolute atomic E-state index is 9.57. The molecule has 0 saturated heterocycles. The fourth-order valence-electron chi connectivity index (χ4n) is 1.92. The van der Waals surface area contributed by atoms with Crippen LogP contribution in [-0.2, 0) is 6.61 Å². The van der Waals surface area contributed by atoms with Crippen molar-refractivity contribution >= 4 is 28.8 Å². The molecule has 0 aliphatic heterocycles. The Kier molecular flexibility index (Phi) is 4.50. The molecule has 0 aromatic carbocycles. The van der Waals surface area contributed by atoms with E-state index in [4.69, 9.17) is 27.7 Å². The lowest BCUT2D eigenvalue weighted by molar-refractivity contribution is 0.277. The van der Waals surface area contributed by atoms with Crippen LogP contribution in [0.5, 0.6) is 0 Å². The van der Waals surface area contributed by atoms with E-state index in [1.165, 1.54) is 6.08 Å². The standard InChI is InChI=1S/C14H15Cl2NO2/c1-3-10(15)12(11(16)4-2)13-9(7-18)14(19-17-13)8-5-6-8/h3-4,8,18H,1,5-7H2,2H3/b11-4+,12-10-. The summed E-state index contributed by atoms with van der Waals surface area (Å²) in [6, 6.07) is 0. The molecule has 3 nitrogen and oxygen atoms in total. The lowest BCUT2D eigenvalue weighted by atomic mass is 10.0. The Labute approximate surface area is 122 Å². The largest absolute Gasteiger partial charge is 0.391 e. The minimum atomic E-state index is -0.149. The van der Waals surface area contributed by atoms with Gasteiger partial charge in [-0.3, -0.25) is 0 Å². The summed E-state index contributed by atoms with van der Waals surface area (Å²) >= 11 is 12.3. The van der Waals surface area contributed by atoms with Gasteiger partial charge in [-0.15, -0.1) is 0 Å². The normalized spacial score (nSPS) is 17.4. The predicted molar refractivity (Wildman–Crippen MR) is 77.0 cm³/mol. The van der Waals surface area contributed by atoms with Crippen molar-refractivity contribution in [1.29, 1.82) is 0 Å². The van der Waals surface area contributed by atoms with Crippen molar-refractivity contribution in [2.24, 2.45) is 0 Å². The first kappa shape index (κ1) is 14.4. The summed E-state index contributed by atoms with van der Waals surface area (Å²) in [6.45, 7) is 5.29. The van der Waals surface area contributed by atoms with Crippen LogP contribution in [0, 0.1) is 0 Å². The first-order valence-corrected chi connectivity index (χ1v) is 6.83. The number of nitrogens with zero attached hydrogens (tertiary/aromatic N) is 1. The average Bonchev–Trinajstić information content (AvgIpc) is 3.19. The van der Waals surface area contributed by atoms with Gasteiger partial charge in [0.25, 0.3) is 0 Å². The minimum Gasteiger partial charge on any atom is -0.391 e. The van der Waals surface area contributed by atoms with E-state index in [9.17, 15) is 5.11 Å². The van der Waals surface area contributed by atoms with Crippen LogP contribution in [0.1, 0.15) is 42.7 Å². The topological polar surface area (TPSA) is 46.3 Å². The van der Waals surface area contributed by atoms with Crippen LogP contribution in [0.4, 0.5) is 0 Å². The highest BCUT2D eigenvalue weighted by Crippen LogP contribution is 2.44. The van der Waals surface area contributed by atoms with Crippen LogP contribution in [0.25, 0.3) is 5.57 Å². The molecule has 0 spiro atoms. The van der Waals surface area contributed by atoms with Gasteiger partial charge in [0.1, 0.15) is 11.5 Å². The van der Waals surface area contributed by atoms with Gasteiger partial charge in [-0.2, -0.15) is 0 Å². The second-order valence-corrected chi connectivity index (χ2v) is 5.18. The number of hydrogen-bond acceptors (Lipinski definition) is 3. The van der Waals surface area contributed by atoms with Gasteiger partial charge in [0.2, 0.25) is 0 Å². The lowest BCUT2D eigenvalue weighted by Crippen LogP contribution is -1.96. The number of halogens is 2.